The zero-order valence-corrected chi connectivity index (χ0v) is 20.4. The summed E-state index contributed by atoms with van der Waals surface area (Å²) in [4.78, 5) is 12.2. The van der Waals surface area contributed by atoms with E-state index in [9.17, 15) is 9.90 Å². The highest BCUT2D eigenvalue weighted by Gasteiger charge is 2.40. The molecule has 2 fully saturated rings. The number of carboxylic acid groups (broad SMARTS) is 1. The number of benzene rings is 2. The van der Waals surface area contributed by atoms with Gasteiger partial charge in [0.15, 0.2) is 0 Å². The van der Waals surface area contributed by atoms with Crippen molar-refractivity contribution in [1.29, 1.82) is 0 Å². The zero-order valence-electron chi connectivity index (χ0n) is 20.4. The molecular weight excluding hydrogens is 414 g/mol. The van der Waals surface area contributed by atoms with Gasteiger partial charge in [-0.1, -0.05) is 25.0 Å². The van der Waals surface area contributed by atoms with Gasteiger partial charge in [-0.05, 0) is 91.6 Å². The van der Waals surface area contributed by atoms with Crippen molar-refractivity contribution in [3.8, 4) is 11.1 Å². The molecule has 2 aromatic carbocycles. The monoisotopic (exact) mass is 451 g/mol. The SMILES string of the molecule is Cc1cc(-c2c(C)cc(NC3(C(=O)O)CCOCC3)cc2COC2CCCC2)cc(C)c1C. The molecule has 178 valence electrons. The third kappa shape index (κ3) is 5.10. The number of anilines is 1. The molecule has 0 bridgehead atoms. The van der Waals surface area contributed by atoms with Gasteiger partial charge < -0.3 is 19.9 Å². The minimum absolute atomic E-state index is 0.317. The molecule has 33 heavy (non-hydrogen) atoms. The minimum atomic E-state index is -0.993. The van der Waals surface area contributed by atoms with E-state index in [2.05, 4.69) is 57.3 Å². The number of hydrogen-bond acceptors (Lipinski definition) is 4. The lowest BCUT2D eigenvalue weighted by molar-refractivity contribution is -0.145. The average Bonchev–Trinajstić information content (AvgIpc) is 3.30. The van der Waals surface area contributed by atoms with Gasteiger partial charge in [0.25, 0.3) is 0 Å². The fraction of sp³-hybridized carbons (Fsp3) is 0.536. The standard InChI is InChI=1S/C28H37NO4/c1-18-13-22(14-19(2)21(18)4)26-20(3)15-24(16-23(26)17-33-25-7-5-6-8-25)29-28(27(30)31)9-11-32-12-10-28/h13-16,25,29H,5-12,17H2,1-4H3,(H,30,31). The summed E-state index contributed by atoms with van der Waals surface area (Å²) in [6.07, 6.45) is 5.93. The zero-order chi connectivity index (χ0) is 23.6. The number of aliphatic carboxylic acids is 1. The third-order valence-corrected chi connectivity index (χ3v) is 7.55. The Hall–Kier alpha value is -2.37. The van der Waals surface area contributed by atoms with Crippen LogP contribution in [0.3, 0.4) is 0 Å². The fourth-order valence-corrected chi connectivity index (χ4v) is 5.29. The van der Waals surface area contributed by atoms with Crippen molar-refractivity contribution in [3.63, 3.8) is 0 Å². The minimum Gasteiger partial charge on any atom is -0.480 e. The second kappa shape index (κ2) is 9.86. The van der Waals surface area contributed by atoms with E-state index in [1.54, 1.807) is 0 Å². The lowest BCUT2D eigenvalue weighted by atomic mass is 9.88. The number of hydrogen-bond donors (Lipinski definition) is 2. The largest absolute Gasteiger partial charge is 0.480 e. The van der Waals surface area contributed by atoms with Gasteiger partial charge in [0.2, 0.25) is 0 Å². The Kier molecular flexibility index (Phi) is 7.10. The Bertz CT molecular complexity index is 994. The first-order valence-electron chi connectivity index (χ1n) is 12.2. The van der Waals surface area contributed by atoms with Gasteiger partial charge in [-0.15, -0.1) is 0 Å². The van der Waals surface area contributed by atoms with Crippen molar-refractivity contribution in [2.75, 3.05) is 18.5 Å². The highest BCUT2D eigenvalue weighted by Crippen LogP contribution is 2.36. The molecule has 1 heterocycles. The van der Waals surface area contributed by atoms with Gasteiger partial charge in [-0.3, -0.25) is 0 Å². The maximum atomic E-state index is 12.2. The van der Waals surface area contributed by atoms with Crippen LogP contribution in [0.15, 0.2) is 24.3 Å². The molecule has 0 spiro atoms. The fourth-order valence-electron chi connectivity index (χ4n) is 5.29. The summed E-state index contributed by atoms with van der Waals surface area (Å²) in [7, 11) is 0. The molecule has 1 saturated carbocycles. The Balaban J connectivity index is 1.73. The Labute approximate surface area is 197 Å². The molecule has 1 aliphatic carbocycles. The lowest BCUT2D eigenvalue weighted by Crippen LogP contribution is -2.50. The van der Waals surface area contributed by atoms with Crippen molar-refractivity contribution < 1.29 is 19.4 Å². The molecule has 1 saturated heterocycles. The molecule has 5 nitrogen and oxygen atoms in total. The second-order valence-electron chi connectivity index (χ2n) is 9.90. The Morgan fingerprint density at radius 3 is 2.27 bits per heavy atom. The molecule has 2 aromatic rings. The summed E-state index contributed by atoms with van der Waals surface area (Å²) < 4.78 is 11.8. The molecule has 0 atom stereocenters. The van der Waals surface area contributed by atoms with Gasteiger partial charge >= 0.3 is 5.97 Å². The molecule has 2 N–H and O–H groups in total. The van der Waals surface area contributed by atoms with Gasteiger partial charge in [-0.25, -0.2) is 4.79 Å². The summed E-state index contributed by atoms with van der Waals surface area (Å²) >= 11 is 0. The van der Waals surface area contributed by atoms with Crippen molar-refractivity contribution in [2.45, 2.75) is 84.5 Å². The first-order valence-corrected chi connectivity index (χ1v) is 12.2. The summed E-state index contributed by atoms with van der Waals surface area (Å²) in [5.41, 5.74) is 8.35. The van der Waals surface area contributed by atoms with Crippen LogP contribution in [-0.2, 0) is 20.9 Å². The van der Waals surface area contributed by atoms with Gasteiger partial charge in [0, 0.05) is 31.7 Å². The van der Waals surface area contributed by atoms with Gasteiger partial charge in [-0.2, -0.15) is 0 Å². The van der Waals surface area contributed by atoms with Gasteiger partial charge in [0.1, 0.15) is 5.54 Å². The Morgan fingerprint density at radius 1 is 1.03 bits per heavy atom. The number of carbonyl (C=O) groups is 1. The predicted molar refractivity (Wildman–Crippen MR) is 132 cm³/mol. The third-order valence-electron chi connectivity index (χ3n) is 7.55. The van der Waals surface area contributed by atoms with E-state index < -0.39 is 11.5 Å². The quantitative estimate of drug-likeness (QED) is 0.533. The smallest absolute Gasteiger partial charge is 0.329 e. The van der Waals surface area contributed by atoms with E-state index in [0.29, 0.717) is 38.8 Å². The average molecular weight is 452 g/mol. The maximum Gasteiger partial charge on any atom is 0.329 e. The summed E-state index contributed by atoms with van der Waals surface area (Å²) in [6.45, 7) is 10.0. The molecule has 0 unspecified atom stereocenters. The topological polar surface area (TPSA) is 67.8 Å². The first kappa shape index (κ1) is 23.8. The number of nitrogens with one attached hydrogen (secondary N) is 1. The van der Waals surface area contributed by atoms with Crippen LogP contribution in [0.1, 0.15) is 66.3 Å². The van der Waals surface area contributed by atoms with Crippen LogP contribution in [0.25, 0.3) is 11.1 Å². The van der Waals surface area contributed by atoms with Crippen LogP contribution in [0.2, 0.25) is 0 Å². The van der Waals surface area contributed by atoms with Crippen LogP contribution in [0.4, 0.5) is 5.69 Å². The molecule has 2 aliphatic rings. The number of rotatable bonds is 7. The molecule has 0 aromatic heterocycles. The van der Waals surface area contributed by atoms with Crippen molar-refractivity contribution >= 4 is 11.7 Å². The molecule has 5 heteroatoms. The second-order valence-corrected chi connectivity index (χ2v) is 9.90. The highest BCUT2D eigenvalue weighted by molar-refractivity contribution is 5.84. The molecule has 0 radical (unpaired) electrons. The van der Waals surface area contributed by atoms with Crippen molar-refractivity contribution in [3.05, 3.63) is 52.1 Å². The number of carboxylic acids is 1. The van der Waals surface area contributed by atoms with E-state index in [1.165, 1.54) is 40.7 Å². The lowest BCUT2D eigenvalue weighted by Gasteiger charge is -2.35. The van der Waals surface area contributed by atoms with Gasteiger partial charge in [0.05, 0.1) is 12.7 Å². The molecule has 4 rings (SSSR count). The van der Waals surface area contributed by atoms with E-state index in [-0.39, 0.29) is 0 Å². The molecule has 1 aliphatic heterocycles. The van der Waals surface area contributed by atoms with Crippen molar-refractivity contribution in [2.24, 2.45) is 0 Å². The predicted octanol–water partition coefficient (Wildman–Crippen LogP) is 6.09. The maximum absolute atomic E-state index is 12.2. The Morgan fingerprint density at radius 2 is 1.67 bits per heavy atom. The van der Waals surface area contributed by atoms with E-state index in [0.717, 1.165) is 29.7 Å². The first-order chi connectivity index (χ1) is 15.8. The molecular formula is C28H37NO4. The normalized spacial score (nSPS) is 18.4. The van der Waals surface area contributed by atoms with E-state index >= 15 is 0 Å². The molecule has 0 amide bonds. The number of aryl methyl sites for hydroxylation is 3. The highest BCUT2D eigenvalue weighted by atomic mass is 16.5. The van der Waals surface area contributed by atoms with Crippen molar-refractivity contribution in [1.82, 2.24) is 0 Å². The van der Waals surface area contributed by atoms with E-state index in [1.807, 2.05) is 0 Å². The number of ether oxygens (including phenoxy) is 2. The van der Waals surface area contributed by atoms with Crippen LogP contribution < -0.4 is 5.32 Å². The summed E-state index contributed by atoms with van der Waals surface area (Å²) in [5, 5.41) is 13.4. The summed E-state index contributed by atoms with van der Waals surface area (Å²) in [6, 6.07) is 8.70. The van der Waals surface area contributed by atoms with E-state index in [4.69, 9.17) is 9.47 Å². The van der Waals surface area contributed by atoms with Crippen LogP contribution in [0, 0.1) is 27.7 Å². The summed E-state index contributed by atoms with van der Waals surface area (Å²) in [5.74, 6) is -0.818. The van der Waals surface area contributed by atoms with Crippen LogP contribution in [-0.4, -0.2) is 35.9 Å². The van der Waals surface area contributed by atoms with Crippen LogP contribution in [0.5, 0.6) is 0 Å². The van der Waals surface area contributed by atoms with Crippen LogP contribution >= 0.6 is 0 Å².